The van der Waals surface area contributed by atoms with Gasteiger partial charge in [-0.3, -0.25) is 14.6 Å². The van der Waals surface area contributed by atoms with Crippen molar-refractivity contribution in [2.24, 2.45) is 5.92 Å². The third kappa shape index (κ3) is 3.93. The summed E-state index contributed by atoms with van der Waals surface area (Å²) < 4.78 is 0. The Balaban J connectivity index is 1.77. The van der Waals surface area contributed by atoms with Crippen molar-refractivity contribution in [2.45, 2.75) is 33.6 Å². The second-order valence-corrected chi connectivity index (χ2v) is 7.13. The van der Waals surface area contributed by atoms with Gasteiger partial charge in [-0.1, -0.05) is 19.1 Å². The number of aromatic nitrogens is 1. The summed E-state index contributed by atoms with van der Waals surface area (Å²) in [4.78, 5) is 31.3. The SMILES string of the molecule is Cc1cccc(NC(=O)c2cc(C(=O)N3CCCC(C)C3)ccn2)c1C. The first-order valence-electron chi connectivity index (χ1n) is 9.08. The molecule has 2 heterocycles. The topological polar surface area (TPSA) is 62.3 Å². The summed E-state index contributed by atoms with van der Waals surface area (Å²) in [5.41, 5.74) is 3.66. The fourth-order valence-corrected chi connectivity index (χ4v) is 3.32. The van der Waals surface area contributed by atoms with Gasteiger partial charge in [0.2, 0.25) is 0 Å². The lowest BCUT2D eigenvalue weighted by Gasteiger charge is -2.31. The van der Waals surface area contributed by atoms with E-state index in [1.165, 1.54) is 6.20 Å². The van der Waals surface area contributed by atoms with Gasteiger partial charge in [0.05, 0.1) is 0 Å². The minimum absolute atomic E-state index is 0.0280. The highest BCUT2D eigenvalue weighted by Crippen LogP contribution is 2.20. The van der Waals surface area contributed by atoms with E-state index in [1.54, 1.807) is 12.1 Å². The molecular formula is C21H25N3O2. The van der Waals surface area contributed by atoms with Crippen LogP contribution in [-0.4, -0.2) is 34.8 Å². The molecule has 0 radical (unpaired) electrons. The van der Waals surface area contributed by atoms with Gasteiger partial charge in [0.25, 0.3) is 11.8 Å². The molecule has 2 amide bonds. The predicted molar refractivity (Wildman–Crippen MR) is 102 cm³/mol. The van der Waals surface area contributed by atoms with Crippen molar-refractivity contribution in [3.8, 4) is 0 Å². The number of likely N-dealkylation sites (tertiary alicyclic amines) is 1. The molecule has 3 rings (SSSR count). The standard InChI is InChI=1S/C21H25N3O2/c1-14-6-5-11-24(13-14)21(26)17-9-10-22-19(12-17)20(25)23-18-8-4-7-15(2)16(18)3/h4,7-10,12,14H,5-6,11,13H2,1-3H3,(H,23,25). The molecule has 1 aliphatic heterocycles. The molecule has 1 fully saturated rings. The van der Waals surface area contributed by atoms with Gasteiger partial charge in [-0.05, 0) is 61.9 Å². The minimum atomic E-state index is -0.305. The number of benzene rings is 1. The molecule has 0 bridgehead atoms. The van der Waals surface area contributed by atoms with E-state index in [1.807, 2.05) is 36.9 Å². The number of anilines is 1. The number of aryl methyl sites for hydroxylation is 1. The van der Waals surface area contributed by atoms with Gasteiger partial charge in [-0.15, -0.1) is 0 Å². The second kappa shape index (κ2) is 7.68. The number of nitrogens with one attached hydrogen (secondary N) is 1. The van der Waals surface area contributed by atoms with Crippen LogP contribution in [0.1, 0.15) is 51.7 Å². The van der Waals surface area contributed by atoms with Crippen molar-refractivity contribution in [1.82, 2.24) is 9.88 Å². The van der Waals surface area contributed by atoms with E-state index in [-0.39, 0.29) is 17.5 Å². The number of hydrogen-bond acceptors (Lipinski definition) is 3. The molecule has 2 aromatic rings. The van der Waals surface area contributed by atoms with Crippen LogP contribution in [0.3, 0.4) is 0 Å². The fraction of sp³-hybridized carbons (Fsp3) is 0.381. The van der Waals surface area contributed by atoms with Gasteiger partial charge in [-0.25, -0.2) is 0 Å². The minimum Gasteiger partial charge on any atom is -0.338 e. The number of pyridine rings is 1. The Morgan fingerprint density at radius 2 is 2.04 bits per heavy atom. The molecule has 1 saturated heterocycles. The summed E-state index contributed by atoms with van der Waals surface area (Å²) in [6.07, 6.45) is 3.71. The lowest BCUT2D eigenvalue weighted by atomic mass is 9.99. The molecule has 0 saturated carbocycles. The van der Waals surface area contributed by atoms with E-state index in [9.17, 15) is 9.59 Å². The Bertz CT molecular complexity index is 832. The largest absolute Gasteiger partial charge is 0.338 e. The summed E-state index contributed by atoms with van der Waals surface area (Å²) in [5.74, 6) is 0.182. The molecular weight excluding hydrogens is 326 g/mol. The van der Waals surface area contributed by atoms with Crippen molar-refractivity contribution >= 4 is 17.5 Å². The number of piperidine rings is 1. The lowest BCUT2D eigenvalue weighted by molar-refractivity contribution is 0.0683. The number of carbonyl (C=O) groups excluding carboxylic acids is 2. The van der Waals surface area contributed by atoms with E-state index in [4.69, 9.17) is 0 Å². The first-order valence-corrected chi connectivity index (χ1v) is 9.08. The van der Waals surface area contributed by atoms with E-state index < -0.39 is 0 Å². The summed E-state index contributed by atoms with van der Waals surface area (Å²) in [5, 5.41) is 2.89. The van der Waals surface area contributed by atoms with E-state index >= 15 is 0 Å². The molecule has 1 aromatic carbocycles. The van der Waals surface area contributed by atoms with Gasteiger partial charge >= 0.3 is 0 Å². The summed E-state index contributed by atoms with van der Waals surface area (Å²) in [7, 11) is 0. The van der Waals surface area contributed by atoms with Crippen molar-refractivity contribution in [1.29, 1.82) is 0 Å². The van der Waals surface area contributed by atoms with Gasteiger partial charge in [0.1, 0.15) is 5.69 Å². The summed E-state index contributed by atoms with van der Waals surface area (Å²) >= 11 is 0. The molecule has 0 spiro atoms. The third-order valence-corrected chi connectivity index (χ3v) is 5.04. The van der Waals surface area contributed by atoms with Gasteiger partial charge in [0.15, 0.2) is 0 Å². The van der Waals surface area contributed by atoms with Crippen LogP contribution in [0.15, 0.2) is 36.5 Å². The Kier molecular flexibility index (Phi) is 5.35. The molecule has 5 heteroatoms. The Hall–Kier alpha value is -2.69. The monoisotopic (exact) mass is 351 g/mol. The molecule has 0 aliphatic carbocycles. The molecule has 136 valence electrons. The zero-order chi connectivity index (χ0) is 18.7. The number of nitrogens with zero attached hydrogens (tertiary/aromatic N) is 2. The van der Waals surface area contributed by atoms with Crippen LogP contribution in [0.25, 0.3) is 0 Å². The van der Waals surface area contributed by atoms with Crippen LogP contribution in [0.5, 0.6) is 0 Å². The molecule has 1 aromatic heterocycles. The highest BCUT2D eigenvalue weighted by atomic mass is 16.2. The third-order valence-electron chi connectivity index (χ3n) is 5.04. The second-order valence-electron chi connectivity index (χ2n) is 7.13. The predicted octanol–water partition coefficient (Wildman–Crippen LogP) is 3.82. The normalized spacial score (nSPS) is 17.0. The van der Waals surface area contributed by atoms with Gasteiger partial charge < -0.3 is 10.2 Å². The molecule has 1 N–H and O–H groups in total. The van der Waals surface area contributed by atoms with Crippen LogP contribution in [0.2, 0.25) is 0 Å². The van der Waals surface area contributed by atoms with E-state index in [0.717, 1.165) is 42.7 Å². The Morgan fingerprint density at radius 3 is 2.81 bits per heavy atom. The maximum absolute atomic E-state index is 12.7. The zero-order valence-corrected chi connectivity index (χ0v) is 15.6. The quantitative estimate of drug-likeness (QED) is 0.914. The first kappa shape index (κ1) is 18.1. The highest BCUT2D eigenvalue weighted by molar-refractivity contribution is 6.05. The maximum atomic E-state index is 12.7. The lowest BCUT2D eigenvalue weighted by Crippen LogP contribution is -2.39. The van der Waals surface area contributed by atoms with E-state index in [0.29, 0.717) is 11.5 Å². The van der Waals surface area contributed by atoms with Crippen LogP contribution < -0.4 is 5.32 Å². The molecule has 26 heavy (non-hydrogen) atoms. The van der Waals surface area contributed by atoms with Crippen molar-refractivity contribution in [3.05, 3.63) is 58.9 Å². The average Bonchev–Trinajstić information content (AvgIpc) is 2.65. The van der Waals surface area contributed by atoms with Gasteiger partial charge in [-0.2, -0.15) is 0 Å². The Morgan fingerprint density at radius 1 is 1.23 bits per heavy atom. The summed E-state index contributed by atoms with van der Waals surface area (Å²) in [6, 6.07) is 9.04. The number of hydrogen-bond donors (Lipinski definition) is 1. The number of amides is 2. The molecule has 1 aliphatic rings. The Labute approximate surface area is 154 Å². The van der Waals surface area contributed by atoms with Crippen LogP contribution >= 0.6 is 0 Å². The van der Waals surface area contributed by atoms with Crippen LogP contribution in [0.4, 0.5) is 5.69 Å². The number of rotatable bonds is 3. The first-order chi connectivity index (χ1) is 12.5. The van der Waals surface area contributed by atoms with Crippen LogP contribution in [-0.2, 0) is 0 Å². The van der Waals surface area contributed by atoms with Gasteiger partial charge in [0, 0.05) is 30.5 Å². The van der Waals surface area contributed by atoms with Crippen molar-refractivity contribution in [3.63, 3.8) is 0 Å². The zero-order valence-electron chi connectivity index (χ0n) is 15.6. The van der Waals surface area contributed by atoms with E-state index in [2.05, 4.69) is 17.2 Å². The fourth-order valence-electron chi connectivity index (χ4n) is 3.32. The summed E-state index contributed by atoms with van der Waals surface area (Å²) in [6.45, 7) is 7.67. The smallest absolute Gasteiger partial charge is 0.274 e. The van der Waals surface area contributed by atoms with Crippen molar-refractivity contribution in [2.75, 3.05) is 18.4 Å². The number of carbonyl (C=O) groups is 2. The molecule has 1 unspecified atom stereocenters. The molecule has 5 nitrogen and oxygen atoms in total. The van der Waals surface area contributed by atoms with Crippen molar-refractivity contribution < 1.29 is 9.59 Å². The highest BCUT2D eigenvalue weighted by Gasteiger charge is 2.23. The maximum Gasteiger partial charge on any atom is 0.274 e. The molecule has 1 atom stereocenters. The average molecular weight is 351 g/mol. The van der Waals surface area contributed by atoms with Crippen LogP contribution in [0, 0.1) is 19.8 Å².